The average Bonchev–Trinajstić information content (AvgIpc) is 3.03. The van der Waals surface area contributed by atoms with Crippen LogP contribution in [0.15, 0.2) is 55.1 Å². The Hall–Kier alpha value is -2.61. The van der Waals surface area contributed by atoms with E-state index in [2.05, 4.69) is 17.2 Å². The van der Waals surface area contributed by atoms with E-state index in [1.165, 1.54) is 11.3 Å². The maximum atomic E-state index is 12.7. The predicted octanol–water partition coefficient (Wildman–Crippen LogP) is 5.25. The molecule has 0 atom stereocenters. The fraction of sp³-hybridized carbons (Fsp3) is 0.100. The Balaban J connectivity index is 1.75. The van der Waals surface area contributed by atoms with Crippen LogP contribution in [-0.4, -0.2) is 24.7 Å². The van der Waals surface area contributed by atoms with E-state index in [9.17, 15) is 4.79 Å². The molecule has 0 aliphatic rings. The van der Waals surface area contributed by atoms with Gasteiger partial charge in [0.15, 0.2) is 5.11 Å². The molecular formula is C20H17ClN2O3S2. The maximum absolute atomic E-state index is 12.7. The van der Waals surface area contributed by atoms with E-state index in [-0.39, 0.29) is 11.0 Å². The summed E-state index contributed by atoms with van der Waals surface area (Å²) in [7, 11) is 1.59. The number of methoxy groups -OCH3 is 1. The lowest BCUT2D eigenvalue weighted by Gasteiger charge is -2.13. The number of thiophene rings is 1. The summed E-state index contributed by atoms with van der Waals surface area (Å²) in [5.74, 6) is 0.920. The van der Waals surface area contributed by atoms with Crippen LogP contribution in [0.3, 0.4) is 0 Å². The van der Waals surface area contributed by atoms with E-state index in [4.69, 9.17) is 33.3 Å². The molecule has 1 aromatic heterocycles. The number of carbonyl (C=O) groups is 1. The number of anilines is 1. The Bertz CT molecular complexity index is 1050. The molecule has 0 aliphatic heterocycles. The fourth-order valence-corrected chi connectivity index (χ4v) is 4.12. The number of carbonyl (C=O) groups excluding carboxylic acids is 1. The minimum atomic E-state index is -0.382. The molecule has 0 saturated carbocycles. The molecule has 1 heterocycles. The first kappa shape index (κ1) is 20.1. The number of hydrogen-bond donors (Lipinski definition) is 2. The summed E-state index contributed by atoms with van der Waals surface area (Å²) in [6, 6.07) is 12.7. The molecule has 2 N–H and O–H groups in total. The Morgan fingerprint density at radius 1 is 1.32 bits per heavy atom. The van der Waals surface area contributed by atoms with Gasteiger partial charge in [0.25, 0.3) is 5.91 Å². The van der Waals surface area contributed by atoms with E-state index >= 15 is 0 Å². The van der Waals surface area contributed by atoms with Crippen LogP contribution < -0.4 is 20.1 Å². The second kappa shape index (κ2) is 9.05. The molecule has 0 fully saturated rings. The Morgan fingerprint density at radius 3 is 2.86 bits per heavy atom. The number of halogens is 1. The zero-order chi connectivity index (χ0) is 20.1. The molecule has 8 heteroatoms. The van der Waals surface area contributed by atoms with E-state index in [0.29, 0.717) is 33.7 Å². The topological polar surface area (TPSA) is 59.6 Å². The molecule has 5 nitrogen and oxygen atoms in total. The summed E-state index contributed by atoms with van der Waals surface area (Å²) >= 11 is 12.9. The van der Waals surface area contributed by atoms with Crippen LogP contribution in [0.1, 0.15) is 9.67 Å². The quantitative estimate of drug-likeness (QED) is 0.411. The van der Waals surface area contributed by atoms with Crippen molar-refractivity contribution >= 4 is 61.9 Å². The number of amides is 1. The lowest BCUT2D eigenvalue weighted by Crippen LogP contribution is -2.33. The van der Waals surface area contributed by atoms with Crippen LogP contribution >= 0.6 is 35.2 Å². The van der Waals surface area contributed by atoms with Gasteiger partial charge in [0.1, 0.15) is 23.0 Å². The molecule has 0 spiro atoms. The molecule has 1 amide bonds. The van der Waals surface area contributed by atoms with Gasteiger partial charge in [-0.3, -0.25) is 10.1 Å². The average molecular weight is 433 g/mol. The summed E-state index contributed by atoms with van der Waals surface area (Å²) in [6.07, 6.45) is 1.65. The highest BCUT2D eigenvalue weighted by atomic mass is 35.5. The minimum Gasteiger partial charge on any atom is -0.497 e. The van der Waals surface area contributed by atoms with Gasteiger partial charge in [-0.2, -0.15) is 0 Å². The van der Waals surface area contributed by atoms with Crippen LogP contribution in [0.2, 0.25) is 5.02 Å². The van der Waals surface area contributed by atoms with Crippen molar-refractivity contribution in [2.45, 2.75) is 0 Å². The highest BCUT2D eigenvalue weighted by molar-refractivity contribution is 7.80. The van der Waals surface area contributed by atoms with E-state index in [1.54, 1.807) is 31.4 Å². The third-order valence-electron chi connectivity index (χ3n) is 3.76. The van der Waals surface area contributed by atoms with Gasteiger partial charge >= 0.3 is 0 Å². The molecule has 0 radical (unpaired) electrons. The van der Waals surface area contributed by atoms with Gasteiger partial charge in [0, 0.05) is 10.1 Å². The Kier molecular flexibility index (Phi) is 6.51. The van der Waals surface area contributed by atoms with Gasteiger partial charge in [-0.25, -0.2) is 0 Å². The van der Waals surface area contributed by atoms with Crippen molar-refractivity contribution in [2.24, 2.45) is 0 Å². The number of nitrogens with one attached hydrogen (secondary N) is 2. The Labute approximate surface area is 176 Å². The van der Waals surface area contributed by atoms with Crippen LogP contribution in [0, 0.1) is 0 Å². The van der Waals surface area contributed by atoms with Gasteiger partial charge in [-0.05, 0) is 42.5 Å². The van der Waals surface area contributed by atoms with Crippen molar-refractivity contribution in [3.63, 3.8) is 0 Å². The summed E-state index contributed by atoms with van der Waals surface area (Å²) in [4.78, 5) is 13.0. The molecule has 0 bridgehead atoms. The monoisotopic (exact) mass is 432 g/mol. The molecule has 3 rings (SSSR count). The summed E-state index contributed by atoms with van der Waals surface area (Å²) in [5, 5.41) is 6.95. The molecule has 0 saturated heterocycles. The van der Waals surface area contributed by atoms with Crippen LogP contribution in [0.25, 0.3) is 10.1 Å². The molecule has 0 unspecified atom stereocenters. The second-order valence-corrected chi connectivity index (χ2v) is 7.45. The van der Waals surface area contributed by atoms with E-state index in [0.717, 1.165) is 10.1 Å². The third-order valence-corrected chi connectivity index (χ3v) is 5.62. The lowest BCUT2D eigenvalue weighted by molar-refractivity contribution is 0.0982. The van der Waals surface area contributed by atoms with Crippen molar-refractivity contribution in [3.8, 4) is 11.5 Å². The summed E-state index contributed by atoms with van der Waals surface area (Å²) in [6.45, 7) is 3.99. The van der Waals surface area contributed by atoms with Crippen molar-refractivity contribution in [1.29, 1.82) is 0 Å². The maximum Gasteiger partial charge on any atom is 0.269 e. The number of fused-ring (bicyclic) bond motifs is 1. The molecule has 2 aromatic carbocycles. The predicted molar refractivity (Wildman–Crippen MR) is 119 cm³/mol. The van der Waals surface area contributed by atoms with E-state index in [1.807, 2.05) is 24.3 Å². The van der Waals surface area contributed by atoms with Crippen molar-refractivity contribution in [1.82, 2.24) is 5.32 Å². The molecular weight excluding hydrogens is 416 g/mol. The number of para-hydroxylation sites is 2. The molecule has 0 aliphatic carbocycles. The normalized spacial score (nSPS) is 10.4. The van der Waals surface area contributed by atoms with Gasteiger partial charge < -0.3 is 14.8 Å². The number of benzene rings is 2. The van der Waals surface area contributed by atoms with Crippen LogP contribution in [0.4, 0.5) is 5.69 Å². The largest absolute Gasteiger partial charge is 0.497 e. The van der Waals surface area contributed by atoms with Crippen molar-refractivity contribution in [2.75, 3.05) is 19.0 Å². The highest BCUT2D eigenvalue weighted by Gasteiger charge is 2.19. The number of thiocarbonyl (C=S) groups is 1. The Morgan fingerprint density at radius 2 is 2.11 bits per heavy atom. The second-order valence-electron chi connectivity index (χ2n) is 5.61. The zero-order valence-corrected chi connectivity index (χ0v) is 17.3. The van der Waals surface area contributed by atoms with Crippen molar-refractivity contribution in [3.05, 3.63) is 65.0 Å². The molecule has 144 valence electrons. The van der Waals surface area contributed by atoms with Crippen LogP contribution in [-0.2, 0) is 0 Å². The summed E-state index contributed by atoms with van der Waals surface area (Å²) < 4.78 is 11.6. The number of ether oxygens (including phenoxy) is 2. The minimum absolute atomic E-state index is 0.144. The van der Waals surface area contributed by atoms with Gasteiger partial charge in [-0.1, -0.05) is 36.4 Å². The number of rotatable bonds is 6. The fourth-order valence-electron chi connectivity index (χ4n) is 2.48. The SMILES string of the molecule is C=CCOc1ccccc1NC(=S)NC(=O)c1sc2cc(OC)ccc2c1Cl. The first-order chi connectivity index (χ1) is 13.5. The van der Waals surface area contributed by atoms with Crippen LogP contribution in [0.5, 0.6) is 11.5 Å². The van der Waals surface area contributed by atoms with Crippen molar-refractivity contribution < 1.29 is 14.3 Å². The third kappa shape index (κ3) is 4.44. The van der Waals surface area contributed by atoms with Gasteiger partial charge in [0.2, 0.25) is 0 Å². The smallest absolute Gasteiger partial charge is 0.269 e. The molecule has 28 heavy (non-hydrogen) atoms. The first-order valence-electron chi connectivity index (χ1n) is 8.24. The zero-order valence-electron chi connectivity index (χ0n) is 15.0. The summed E-state index contributed by atoms with van der Waals surface area (Å²) in [5.41, 5.74) is 0.641. The highest BCUT2D eigenvalue weighted by Crippen LogP contribution is 2.37. The van der Waals surface area contributed by atoms with Gasteiger partial charge in [-0.15, -0.1) is 11.3 Å². The first-order valence-corrected chi connectivity index (χ1v) is 9.85. The lowest BCUT2D eigenvalue weighted by atomic mass is 10.2. The molecule has 3 aromatic rings. The van der Waals surface area contributed by atoms with Gasteiger partial charge in [0.05, 0.1) is 17.8 Å². The number of hydrogen-bond acceptors (Lipinski definition) is 5. The van der Waals surface area contributed by atoms with E-state index < -0.39 is 0 Å². The standard InChI is InChI=1S/C20H17ClN2O3S2/c1-3-10-26-15-7-5-4-6-14(15)22-20(27)23-19(24)18-17(21)13-9-8-12(25-2)11-16(13)28-18/h3-9,11H,1,10H2,2H3,(H2,22,23,24,27).